The van der Waals surface area contributed by atoms with Gasteiger partial charge in [0.25, 0.3) is 0 Å². The predicted molar refractivity (Wildman–Crippen MR) is 75.3 cm³/mol. The highest BCUT2D eigenvalue weighted by atomic mass is 16.5. The number of ether oxygens (including phenoxy) is 1. The van der Waals surface area contributed by atoms with E-state index in [-0.39, 0.29) is 11.9 Å². The first-order chi connectivity index (χ1) is 9.24. The zero-order valence-corrected chi connectivity index (χ0v) is 10.7. The van der Waals surface area contributed by atoms with Gasteiger partial charge in [-0.15, -0.1) is 0 Å². The van der Waals surface area contributed by atoms with Gasteiger partial charge in [-0.05, 0) is 24.6 Å². The molecule has 0 radical (unpaired) electrons. The standard InChI is InChI=1S/C17H14O2/c1-12(18)13-6-8-15(9-7-13)17-11-10-14-4-2-3-5-16(14)19-17/h2-11,17H,1H3. The zero-order chi connectivity index (χ0) is 13.2. The molecule has 1 aliphatic rings. The van der Waals surface area contributed by atoms with Crippen LogP contribution in [-0.2, 0) is 0 Å². The van der Waals surface area contributed by atoms with Gasteiger partial charge in [-0.25, -0.2) is 0 Å². The lowest BCUT2D eigenvalue weighted by Crippen LogP contribution is -2.09. The molecule has 0 N–H and O–H groups in total. The van der Waals surface area contributed by atoms with Crippen molar-refractivity contribution >= 4 is 11.9 Å². The molecule has 2 nitrogen and oxygen atoms in total. The summed E-state index contributed by atoms with van der Waals surface area (Å²) >= 11 is 0. The fourth-order valence-corrected chi connectivity index (χ4v) is 2.18. The van der Waals surface area contributed by atoms with Crippen LogP contribution in [0.3, 0.4) is 0 Å². The number of carbonyl (C=O) groups excluding carboxylic acids is 1. The number of para-hydroxylation sites is 1. The Balaban J connectivity index is 1.87. The van der Waals surface area contributed by atoms with Crippen LogP contribution in [0.1, 0.15) is 34.5 Å². The Morgan fingerprint density at radius 2 is 1.79 bits per heavy atom. The van der Waals surface area contributed by atoms with Gasteiger partial charge in [0, 0.05) is 11.1 Å². The minimum absolute atomic E-state index is 0.0806. The van der Waals surface area contributed by atoms with Crippen molar-refractivity contribution in [1.29, 1.82) is 0 Å². The molecule has 3 rings (SSSR count). The van der Waals surface area contributed by atoms with Crippen molar-refractivity contribution in [2.45, 2.75) is 13.0 Å². The smallest absolute Gasteiger partial charge is 0.159 e. The fraction of sp³-hybridized carbons (Fsp3) is 0.118. The second-order valence-corrected chi connectivity index (χ2v) is 4.61. The summed E-state index contributed by atoms with van der Waals surface area (Å²) in [4.78, 5) is 11.3. The SMILES string of the molecule is CC(=O)c1ccc(C2C=Cc3ccccc3O2)cc1. The molecule has 0 saturated heterocycles. The van der Waals surface area contributed by atoms with E-state index in [1.165, 1.54) is 0 Å². The van der Waals surface area contributed by atoms with Gasteiger partial charge in [0.2, 0.25) is 0 Å². The molecule has 0 amide bonds. The Morgan fingerprint density at radius 3 is 2.53 bits per heavy atom. The first-order valence-electron chi connectivity index (χ1n) is 6.29. The van der Waals surface area contributed by atoms with E-state index in [9.17, 15) is 4.79 Å². The molecule has 19 heavy (non-hydrogen) atoms. The van der Waals surface area contributed by atoms with Crippen molar-refractivity contribution in [2.24, 2.45) is 0 Å². The van der Waals surface area contributed by atoms with Crippen molar-refractivity contribution in [3.05, 3.63) is 71.3 Å². The van der Waals surface area contributed by atoms with Gasteiger partial charge in [-0.1, -0.05) is 48.5 Å². The average molecular weight is 250 g/mol. The average Bonchev–Trinajstić information content (AvgIpc) is 2.47. The molecule has 2 aromatic rings. The number of fused-ring (bicyclic) bond motifs is 1. The van der Waals surface area contributed by atoms with Gasteiger partial charge < -0.3 is 4.74 Å². The maximum atomic E-state index is 11.3. The van der Waals surface area contributed by atoms with Crippen molar-refractivity contribution in [3.8, 4) is 5.75 Å². The van der Waals surface area contributed by atoms with Crippen LogP contribution >= 0.6 is 0 Å². The maximum Gasteiger partial charge on any atom is 0.159 e. The highest BCUT2D eigenvalue weighted by molar-refractivity contribution is 5.94. The molecule has 1 heterocycles. The van der Waals surface area contributed by atoms with Crippen LogP contribution in [0.4, 0.5) is 0 Å². The Morgan fingerprint density at radius 1 is 1.05 bits per heavy atom. The van der Waals surface area contributed by atoms with Crippen molar-refractivity contribution in [3.63, 3.8) is 0 Å². The van der Waals surface area contributed by atoms with Crippen LogP contribution < -0.4 is 4.74 Å². The number of Topliss-reactive ketones (excluding diaryl/α,β-unsaturated/α-hetero) is 1. The highest BCUT2D eigenvalue weighted by Crippen LogP contribution is 2.32. The lowest BCUT2D eigenvalue weighted by atomic mass is 10.0. The van der Waals surface area contributed by atoms with Gasteiger partial charge >= 0.3 is 0 Å². The molecule has 0 aromatic heterocycles. The van der Waals surface area contributed by atoms with Crippen LogP contribution in [0.2, 0.25) is 0 Å². The number of hydrogen-bond acceptors (Lipinski definition) is 2. The number of rotatable bonds is 2. The van der Waals surface area contributed by atoms with Crippen LogP contribution in [0.15, 0.2) is 54.6 Å². The van der Waals surface area contributed by atoms with E-state index in [4.69, 9.17) is 4.74 Å². The second kappa shape index (κ2) is 4.73. The van der Waals surface area contributed by atoms with Gasteiger partial charge in [0.05, 0.1) is 0 Å². The summed E-state index contributed by atoms with van der Waals surface area (Å²) in [6.07, 6.45) is 4.02. The number of carbonyl (C=O) groups is 1. The quantitative estimate of drug-likeness (QED) is 0.752. The molecule has 0 bridgehead atoms. The fourth-order valence-electron chi connectivity index (χ4n) is 2.18. The Hall–Kier alpha value is -2.35. The van der Waals surface area contributed by atoms with E-state index in [1.54, 1.807) is 6.92 Å². The van der Waals surface area contributed by atoms with Crippen LogP contribution in [-0.4, -0.2) is 5.78 Å². The summed E-state index contributed by atoms with van der Waals surface area (Å²) in [5, 5.41) is 0. The van der Waals surface area contributed by atoms with Gasteiger partial charge in [-0.3, -0.25) is 4.79 Å². The van der Waals surface area contributed by atoms with E-state index in [0.717, 1.165) is 22.4 Å². The molecule has 1 unspecified atom stereocenters. The lowest BCUT2D eigenvalue weighted by Gasteiger charge is -2.21. The number of hydrogen-bond donors (Lipinski definition) is 0. The Bertz CT molecular complexity index is 639. The Labute approximate surface area is 112 Å². The molecular weight excluding hydrogens is 236 g/mol. The van der Waals surface area contributed by atoms with Gasteiger partial charge in [-0.2, -0.15) is 0 Å². The summed E-state index contributed by atoms with van der Waals surface area (Å²) in [6, 6.07) is 15.5. The minimum atomic E-state index is -0.0871. The van der Waals surface area contributed by atoms with Crippen LogP contribution in [0.25, 0.3) is 6.08 Å². The summed E-state index contributed by atoms with van der Waals surface area (Å²) in [7, 11) is 0. The normalized spacial score (nSPS) is 16.6. The molecule has 0 saturated carbocycles. The monoisotopic (exact) mass is 250 g/mol. The van der Waals surface area contributed by atoms with Gasteiger partial charge in [0.15, 0.2) is 5.78 Å². The predicted octanol–water partition coefficient (Wildman–Crippen LogP) is 4.04. The summed E-state index contributed by atoms with van der Waals surface area (Å²) in [5.41, 5.74) is 2.87. The molecule has 0 aliphatic carbocycles. The second-order valence-electron chi connectivity index (χ2n) is 4.61. The Kier molecular flexibility index (Phi) is 2.92. The molecular formula is C17H14O2. The summed E-state index contributed by atoms with van der Waals surface area (Å²) < 4.78 is 5.95. The van der Waals surface area contributed by atoms with Crippen molar-refractivity contribution in [1.82, 2.24) is 0 Å². The molecule has 0 spiro atoms. The third kappa shape index (κ3) is 2.29. The van der Waals surface area contributed by atoms with Crippen molar-refractivity contribution < 1.29 is 9.53 Å². The number of ketones is 1. The molecule has 0 fully saturated rings. The molecule has 1 atom stereocenters. The van der Waals surface area contributed by atoms with E-state index >= 15 is 0 Å². The van der Waals surface area contributed by atoms with Crippen LogP contribution in [0, 0.1) is 0 Å². The molecule has 2 aromatic carbocycles. The van der Waals surface area contributed by atoms with Gasteiger partial charge in [0.1, 0.15) is 11.9 Å². The first kappa shape index (κ1) is 11.7. The highest BCUT2D eigenvalue weighted by Gasteiger charge is 2.16. The topological polar surface area (TPSA) is 26.3 Å². The molecule has 2 heteroatoms. The van der Waals surface area contributed by atoms with E-state index in [1.807, 2.05) is 54.6 Å². The van der Waals surface area contributed by atoms with E-state index in [0.29, 0.717) is 0 Å². The maximum absolute atomic E-state index is 11.3. The van der Waals surface area contributed by atoms with Crippen molar-refractivity contribution in [2.75, 3.05) is 0 Å². The van der Waals surface area contributed by atoms with E-state index in [2.05, 4.69) is 6.08 Å². The summed E-state index contributed by atoms with van der Waals surface area (Å²) in [5.74, 6) is 0.975. The first-order valence-corrected chi connectivity index (χ1v) is 6.29. The largest absolute Gasteiger partial charge is 0.481 e. The lowest BCUT2D eigenvalue weighted by molar-refractivity contribution is 0.101. The zero-order valence-electron chi connectivity index (χ0n) is 10.7. The number of benzene rings is 2. The third-order valence-corrected chi connectivity index (χ3v) is 3.27. The van der Waals surface area contributed by atoms with Crippen LogP contribution in [0.5, 0.6) is 5.75 Å². The molecule has 1 aliphatic heterocycles. The third-order valence-electron chi connectivity index (χ3n) is 3.27. The summed E-state index contributed by atoms with van der Waals surface area (Å²) in [6.45, 7) is 1.57. The van der Waals surface area contributed by atoms with E-state index < -0.39 is 0 Å². The minimum Gasteiger partial charge on any atom is -0.481 e. The molecule has 94 valence electrons.